The van der Waals surface area contributed by atoms with Crippen LogP contribution in [0.15, 0.2) is 104 Å². The van der Waals surface area contributed by atoms with Crippen LogP contribution in [-0.4, -0.2) is 99.1 Å². The van der Waals surface area contributed by atoms with Gasteiger partial charge in [-0.05, 0) is 99.0 Å². The summed E-state index contributed by atoms with van der Waals surface area (Å²) >= 11 is 0. The first kappa shape index (κ1) is 41.1. The maximum Gasteiger partial charge on any atom is 0.268 e. The fraction of sp³-hybridized carbons (Fsp3) is 0.417. The van der Waals surface area contributed by atoms with Crippen LogP contribution in [0, 0.1) is 5.92 Å². The van der Waals surface area contributed by atoms with Gasteiger partial charge < -0.3 is 29.9 Å². The first-order chi connectivity index (χ1) is 30.3. The summed E-state index contributed by atoms with van der Waals surface area (Å²) in [7, 11) is 0. The number of ether oxygens (including phenoxy) is 1. The highest BCUT2D eigenvalue weighted by atomic mass is 16.5. The van der Waals surface area contributed by atoms with E-state index in [1.54, 1.807) is 24.5 Å². The molecule has 3 aromatic carbocycles. The molecule has 0 spiro atoms. The van der Waals surface area contributed by atoms with Crippen molar-refractivity contribution in [2.24, 2.45) is 5.92 Å². The first-order valence-electron chi connectivity index (χ1n) is 22.2. The second kappa shape index (κ2) is 18.4. The number of anilines is 3. The average Bonchev–Trinajstić information content (AvgIpc) is 3.78. The predicted octanol–water partition coefficient (Wildman–Crippen LogP) is 6.57. The second-order valence-electron chi connectivity index (χ2n) is 17.3. The van der Waals surface area contributed by atoms with Crippen molar-refractivity contribution in [3.8, 4) is 22.8 Å². The van der Waals surface area contributed by atoms with E-state index in [2.05, 4.69) is 47.7 Å². The molecule has 0 unspecified atom stereocenters. The van der Waals surface area contributed by atoms with E-state index < -0.39 is 5.60 Å². The van der Waals surface area contributed by atoms with E-state index in [9.17, 15) is 19.5 Å². The molecule has 9 rings (SSSR count). The number of nitrogens with one attached hydrogen (secondary N) is 2. The third kappa shape index (κ3) is 9.30. The number of phenolic OH excluding ortho intramolecular Hbond substituents is 1. The van der Waals surface area contributed by atoms with Crippen molar-refractivity contribution in [3.05, 3.63) is 109 Å². The molecule has 62 heavy (non-hydrogen) atoms. The highest BCUT2D eigenvalue weighted by molar-refractivity contribution is 6.01. The van der Waals surface area contributed by atoms with Gasteiger partial charge in [0.2, 0.25) is 11.8 Å². The third-order valence-electron chi connectivity index (χ3n) is 13.4. The molecule has 3 amide bonds. The van der Waals surface area contributed by atoms with Crippen molar-refractivity contribution in [2.45, 2.75) is 75.3 Å². The van der Waals surface area contributed by atoms with Gasteiger partial charge in [-0.3, -0.25) is 24.4 Å². The summed E-state index contributed by atoms with van der Waals surface area (Å²) in [6, 6.07) is 27.2. The Bertz CT molecular complexity index is 2330. The highest BCUT2D eigenvalue weighted by Gasteiger charge is 2.44. The van der Waals surface area contributed by atoms with Crippen LogP contribution >= 0.6 is 0 Å². The first-order valence-corrected chi connectivity index (χ1v) is 22.2. The molecule has 3 N–H and O–H groups in total. The molecular weight excluding hydrogens is 783 g/mol. The maximum atomic E-state index is 14.2. The van der Waals surface area contributed by atoms with E-state index in [-0.39, 0.29) is 35.4 Å². The minimum atomic E-state index is -1.09. The molecule has 4 aliphatic rings. The van der Waals surface area contributed by atoms with E-state index in [1.807, 2.05) is 71.5 Å². The van der Waals surface area contributed by atoms with Crippen molar-refractivity contribution in [2.75, 3.05) is 60.9 Å². The zero-order valence-electron chi connectivity index (χ0n) is 35.1. The number of carbonyl (C=O) groups excluding carboxylic acids is 3. The zero-order chi connectivity index (χ0) is 42.5. The van der Waals surface area contributed by atoms with E-state index >= 15 is 0 Å². The molecule has 4 saturated heterocycles. The molecule has 14 nitrogen and oxygen atoms in total. The summed E-state index contributed by atoms with van der Waals surface area (Å²) in [5.74, 6) is 0.697. The van der Waals surface area contributed by atoms with Crippen molar-refractivity contribution < 1.29 is 24.2 Å². The van der Waals surface area contributed by atoms with E-state index in [0.717, 1.165) is 56.8 Å². The van der Waals surface area contributed by atoms with Crippen LogP contribution in [-0.2, 0) is 14.4 Å². The van der Waals surface area contributed by atoms with Gasteiger partial charge in [0.05, 0.1) is 41.4 Å². The van der Waals surface area contributed by atoms with Crippen LogP contribution in [0.1, 0.15) is 75.3 Å². The van der Waals surface area contributed by atoms with Gasteiger partial charge in [0.15, 0.2) is 5.60 Å². The number of benzene rings is 3. The topological polar surface area (TPSA) is 158 Å². The van der Waals surface area contributed by atoms with Crippen LogP contribution < -0.4 is 25.2 Å². The summed E-state index contributed by atoms with van der Waals surface area (Å²) in [6.45, 7) is 6.35. The third-order valence-corrected chi connectivity index (χ3v) is 13.4. The smallest absolute Gasteiger partial charge is 0.268 e. The van der Waals surface area contributed by atoms with E-state index in [1.165, 1.54) is 24.9 Å². The number of carbonyl (C=O) groups is 3. The zero-order valence-corrected chi connectivity index (χ0v) is 35.1. The Kier molecular flexibility index (Phi) is 12.2. The van der Waals surface area contributed by atoms with Crippen molar-refractivity contribution in [1.82, 2.24) is 30.2 Å². The standard InChI is InChI=1S/C48H55N9O5/c58-44-9-5-4-8-42(44)43-30-39(32-49-53-43)56-28-21-48(22-29-56,62-40-6-2-1-3-7-40)47(61)51-36-31-50-57(33-36)38-19-24-54(25-20-38)23-16-34-17-26-55(27-18-34)37-12-10-35(11-13-37)41-14-15-45(59)52-46(41)60/h1-13,30-34,38,41,58H,14-29H2,(H,51,61)(H,52,59,60)/t41-/m1/s1. The maximum absolute atomic E-state index is 14.2. The SMILES string of the molecule is O=C1CC[C@H](c2ccc(N3CCC(CCN4CCC(n5cc(NC(=O)C6(Oc7ccccc7)CCN(c7cnnc(-c8ccccc8O)c7)CC6)cn5)CC4)CC3)cc2)C(=O)N1. The Hall–Kier alpha value is -6.28. The highest BCUT2D eigenvalue weighted by Crippen LogP contribution is 2.35. The lowest BCUT2D eigenvalue weighted by Gasteiger charge is -2.41. The monoisotopic (exact) mass is 837 g/mol. The number of imide groups is 1. The molecule has 1 atom stereocenters. The van der Waals surface area contributed by atoms with Gasteiger partial charge >= 0.3 is 0 Å². The Morgan fingerprint density at radius 1 is 0.823 bits per heavy atom. The largest absolute Gasteiger partial charge is 0.507 e. The number of likely N-dealkylation sites (tertiary alicyclic amines) is 1. The van der Waals surface area contributed by atoms with Crippen LogP contribution in [0.5, 0.6) is 11.5 Å². The summed E-state index contributed by atoms with van der Waals surface area (Å²) < 4.78 is 8.59. The fourth-order valence-electron chi connectivity index (χ4n) is 9.60. The normalized spacial score (nSPS) is 20.2. The quantitative estimate of drug-likeness (QED) is 0.117. The number of para-hydroxylation sites is 2. The summed E-state index contributed by atoms with van der Waals surface area (Å²) in [6.07, 6.45) is 12.9. The Balaban J connectivity index is 0.745. The predicted molar refractivity (Wildman–Crippen MR) is 237 cm³/mol. The molecule has 6 heterocycles. The summed E-state index contributed by atoms with van der Waals surface area (Å²) in [5, 5.41) is 29.3. The minimum absolute atomic E-state index is 0.147. The van der Waals surface area contributed by atoms with Gasteiger partial charge in [-0.2, -0.15) is 15.3 Å². The van der Waals surface area contributed by atoms with Crippen LogP contribution in [0.25, 0.3) is 11.3 Å². The van der Waals surface area contributed by atoms with E-state index in [4.69, 9.17) is 9.84 Å². The molecule has 322 valence electrons. The van der Waals surface area contributed by atoms with E-state index in [0.29, 0.717) is 67.4 Å². The summed E-state index contributed by atoms with van der Waals surface area (Å²) in [4.78, 5) is 45.3. The van der Waals surface area contributed by atoms with Crippen molar-refractivity contribution in [1.29, 1.82) is 0 Å². The lowest BCUT2D eigenvalue weighted by Crippen LogP contribution is -2.55. The molecule has 2 aromatic heterocycles. The fourth-order valence-corrected chi connectivity index (χ4v) is 9.60. The van der Waals surface area contributed by atoms with Crippen LogP contribution in [0.3, 0.4) is 0 Å². The molecule has 0 saturated carbocycles. The molecule has 5 aromatic rings. The van der Waals surface area contributed by atoms with Gasteiger partial charge in [-0.25, -0.2) is 0 Å². The summed E-state index contributed by atoms with van der Waals surface area (Å²) in [5.41, 5.74) is 3.82. The molecule has 4 fully saturated rings. The number of rotatable bonds is 12. The number of aromatic nitrogens is 4. The number of amides is 3. The van der Waals surface area contributed by atoms with Crippen molar-refractivity contribution in [3.63, 3.8) is 0 Å². The lowest BCUT2D eigenvalue weighted by molar-refractivity contribution is -0.134. The van der Waals surface area contributed by atoms with Gasteiger partial charge in [-0.15, -0.1) is 0 Å². The number of aromatic hydroxyl groups is 1. The minimum Gasteiger partial charge on any atom is -0.507 e. The average molecular weight is 838 g/mol. The lowest BCUT2D eigenvalue weighted by atomic mass is 9.89. The number of hydrogen-bond donors (Lipinski definition) is 3. The number of nitrogens with zero attached hydrogens (tertiary/aromatic N) is 7. The second-order valence-corrected chi connectivity index (χ2v) is 17.3. The molecule has 0 bridgehead atoms. The van der Waals surface area contributed by atoms with Gasteiger partial charge in [0.1, 0.15) is 11.5 Å². The number of hydrogen-bond acceptors (Lipinski definition) is 11. The molecule has 0 radical (unpaired) electrons. The Morgan fingerprint density at radius 2 is 1.55 bits per heavy atom. The van der Waals surface area contributed by atoms with Crippen molar-refractivity contribution >= 4 is 34.8 Å². The van der Waals surface area contributed by atoms with Crippen LogP contribution in [0.4, 0.5) is 17.1 Å². The number of piperidine rings is 4. The molecule has 4 aliphatic heterocycles. The van der Waals surface area contributed by atoms with Gasteiger partial charge in [0.25, 0.3) is 5.91 Å². The molecule has 14 heteroatoms. The van der Waals surface area contributed by atoms with Crippen LogP contribution in [0.2, 0.25) is 0 Å². The Labute approximate surface area is 362 Å². The molecule has 0 aliphatic carbocycles. The van der Waals surface area contributed by atoms with Gasteiger partial charge in [0, 0.05) is 76.0 Å². The molecular formula is C48H55N9O5. The van der Waals surface area contributed by atoms with Gasteiger partial charge in [-0.1, -0.05) is 42.5 Å². The Morgan fingerprint density at radius 3 is 2.29 bits per heavy atom. The number of phenols is 1.